The molecule has 0 amide bonds. The van der Waals surface area contributed by atoms with Crippen LogP contribution in [0.2, 0.25) is 5.02 Å². The van der Waals surface area contributed by atoms with Crippen molar-refractivity contribution in [3.63, 3.8) is 0 Å². The summed E-state index contributed by atoms with van der Waals surface area (Å²) in [4.78, 5) is 6.92. The van der Waals surface area contributed by atoms with Gasteiger partial charge in [0.15, 0.2) is 5.96 Å². The van der Waals surface area contributed by atoms with Crippen molar-refractivity contribution < 1.29 is 0 Å². The first-order valence-electron chi connectivity index (χ1n) is 7.24. The molecule has 0 aliphatic heterocycles. The molecule has 1 heterocycles. The number of hydrogen-bond donors (Lipinski definition) is 1. The second kappa shape index (κ2) is 7.72. The van der Waals surface area contributed by atoms with E-state index in [4.69, 9.17) is 16.6 Å². The molecule has 1 aromatic heterocycles. The molecule has 1 aromatic rings. The van der Waals surface area contributed by atoms with Crippen LogP contribution < -0.4 is 5.32 Å². The van der Waals surface area contributed by atoms with Gasteiger partial charge in [0, 0.05) is 39.1 Å². The summed E-state index contributed by atoms with van der Waals surface area (Å²) >= 11 is 6.03. The minimum absolute atomic E-state index is 0. The Bertz CT molecular complexity index is 494. The highest BCUT2D eigenvalue weighted by Gasteiger charge is 2.37. The molecule has 6 heteroatoms. The topological polar surface area (TPSA) is 32.6 Å². The number of aliphatic imine (C=N–C) groups is 1. The van der Waals surface area contributed by atoms with Crippen molar-refractivity contribution in [1.29, 1.82) is 0 Å². The molecule has 120 valence electrons. The van der Waals surface area contributed by atoms with Gasteiger partial charge in [0.2, 0.25) is 0 Å². The average molecular weight is 425 g/mol. The molecule has 2 rings (SSSR count). The Morgan fingerprint density at radius 2 is 2.19 bits per heavy atom. The molecule has 1 fully saturated rings. The van der Waals surface area contributed by atoms with Crippen molar-refractivity contribution in [1.82, 2.24) is 14.8 Å². The SMILES string of the molecule is CCNC(=NCC1(C)CC1)N(C)Cc1cc(Cl)cn1C.I. The molecular formula is C15H26ClIN4. The van der Waals surface area contributed by atoms with E-state index in [1.807, 2.05) is 19.3 Å². The van der Waals surface area contributed by atoms with Crippen molar-refractivity contribution in [2.45, 2.75) is 33.2 Å². The molecule has 0 atom stereocenters. The summed E-state index contributed by atoms with van der Waals surface area (Å²) < 4.78 is 2.06. The zero-order valence-corrected chi connectivity index (χ0v) is 16.4. The minimum Gasteiger partial charge on any atom is -0.357 e. The molecule has 1 saturated carbocycles. The molecule has 0 radical (unpaired) electrons. The second-order valence-corrected chi connectivity index (χ2v) is 6.53. The molecule has 1 aliphatic carbocycles. The van der Waals surface area contributed by atoms with E-state index in [1.165, 1.54) is 18.5 Å². The van der Waals surface area contributed by atoms with Gasteiger partial charge < -0.3 is 14.8 Å². The number of nitrogens with zero attached hydrogens (tertiary/aromatic N) is 3. The molecule has 1 N–H and O–H groups in total. The average Bonchev–Trinajstić information content (AvgIpc) is 3.03. The van der Waals surface area contributed by atoms with Crippen LogP contribution in [-0.2, 0) is 13.6 Å². The Labute approximate surface area is 150 Å². The van der Waals surface area contributed by atoms with Gasteiger partial charge in [-0.3, -0.25) is 4.99 Å². The maximum atomic E-state index is 6.03. The van der Waals surface area contributed by atoms with E-state index in [2.05, 4.69) is 35.7 Å². The van der Waals surface area contributed by atoms with E-state index in [-0.39, 0.29) is 24.0 Å². The van der Waals surface area contributed by atoms with Crippen LogP contribution in [0.1, 0.15) is 32.4 Å². The second-order valence-electron chi connectivity index (χ2n) is 6.10. The van der Waals surface area contributed by atoms with Crippen molar-refractivity contribution in [3.05, 3.63) is 23.0 Å². The van der Waals surface area contributed by atoms with Gasteiger partial charge in [0.05, 0.1) is 11.6 Å². The van der Waals surface area contributed by atoms with Gasteiger partial charge in [-0.2, -0.15) is 0 Å². The Hall–Kier alpha value is -0.430. The molecule has 0 unspecified atom stereocenters. The van der Waals surface area contributed by atoms with Gasteiger partial charge in [0.1, 0.15) is 0 Å². The smallest absolute Gasteiger partial charge is 0.194 e. The van der Waals surface area contributed by atoms with Crippen LogP contribution in [0.5, 0.6) is 0 Å². The lowest BCUT2D eigenvalue weighted by Crippen LogP contribution is -2.39. The van der Waals surface area contributed by atoms with Crippen LogP contribution in [0.4, 0.5) is 0 Å². The van der Waals surface area contributed by atoms with Gasteiger partial charge in [0.25, 0.3) is 0 Å². The molecule has 0 bridgehead atoms. The zero-order valence-electron chi connectivity index (χ0n) is 13.3. The summed E-state index contributed by atoms with van der Waals surface area (Å²) in [5, 5.41) is 4.14. The third-order valence-corrected chi connectivity index (χ3v) is 4.09. The van der Waals surface area contributed by atoms with Crippen molar-refractivity contribution in [2.24, 2.45) is 17.5 Å². The lowest BCUT2D eigenvalue weighted by Gasteiger charge is -2.23. The van der Waals surface area contributed by atoms with E-state index in [0.717, 1.165) is 30.6 Å². The summed E-state index contributed by atoms with van der Waals surface area (Å²) in [5.41, 5.74) is 1.62. The van der Waals surface area contributed by atoms with Crippen LogP contribution in [0.25, 0.3) is 0 Å². The summed E-state index contributed by atoms with van der Waals surface area (Å²) in [6, 6.07) is 2.00. The summed E-state index contributed by atoms with van der Waals surface area (Å²) in [5.74, 6) is 0.970. The maximum Gasteiger partial charge on any atom is 0.194 e. The lowest BCUT2D eigenvalue weighted by atomic mass is 10.1. The van der Waals surface area contributed by atoms with Gasteiger partial charge >= 0.3 is 0 Å². The summed E-state index contributed by atoms with van der Waals surface area (Å²) in [7, 11) is 4.09. The van der Waals surface area contributed by atoms with E-state index in [1.54, 1.807) is 0 Å². The van der Waals surface area contributed by atoms with Gasteiger partial charge in [-0.15, -0.1) is 24.0 Å². The molecule has 4 nitrogen and oxygen atoms in total. The highest BCUT2D eigenvalue weighted by atomic mass is 127. The molecular weight excluding hydrogens is 399 g/mol. The molecule has 0 aromatic carbocycles. The third-order valence-electron chi connectivity index (χ3n) is 3.88. The first-order valence-corrected chi connectivity index (χ1v) is 7.61. The quantitative estimate of drug-likeness (QED) is 0.446. The van der Waals surface area contributed by atoms with E-state index < -0.39 is 0 Å². The summed E-state index contributed by atoms with van der Waals surface area (Å²) in [6.07, 6.45) is 4.53. The van der Waals surface area contributed by atoms with Crippen LogP contribution >= 0.6 is 35.6 Å². The minimum atomic E-state index is 0. The van der Waals surface area contributed by atoms with Crippen molar-refractivity contribution in [2.75, 3.05) is 20.1 Å². The fraction of sp³-hybridized carbons (Fsp3) is 0.667. The summed E-state index contributed by atoms with van der Waals surface area (Å²) in [6.45, 7) is 6.99. The Balaban J connectivity index is 0.00000220. The molecule has 21 heavy (non-hydrogen) atoms. The number of halogens is 2. The van der Waals surface area contributed by atoms with Gasteiger partial charge in [-0.1, -0.05) is 18.5 Å². The van der Waals surface area contributed by atoms with Crippen LogP contribution in [0.3, 0.4) is 0 Å². The molecule has 0 saturated heterocycles. The number of aryl methyl sites for hydroxylation is 1. The van der Waals surface area contributed by atoms with Gasteiger partial charge in [-0.05, 0) is 31.2 Å². The number of guanidine groups is 1. The standard InChI is InChI=1S/C15H25ClN4.HI/c1-5-17-14(18-11-15(2)6-7-15)20(4)10-13-8-12(16)9-19(13)3;/h8-9H,5-7,10-11H2,1-4H3,(H,17,18);1H. The monoisotopic (exact) mass is 424 g/mol. The number of aromatic nitrogens is 1. The van der Waals surface area contributed by atoms with E-state index in [9.17, 15) is 0 Å². The predicted octanol–water partition coefficient (Wildman–Crippen LogP) is 3.49. The van der Waals surface area contributed by atoms with Crippen LogP contribution in [-0.4, -0.2) is 35.6 Å². The van der Waals surface area contributed by atoms with Crippen LogP contribution in [0.15, 0.2) is 17.3 Å². The maximum absolute atomic E-state index is 6.03. The normalized spacial score (nSPS) is 16.3. The third kappa shape index (κ3) is 5.36. The van der Waals surface area contributed by atoms with Crippen molar-refractivity contribution >= 4 is 41.5 Å². The fourth-order valence-electron chi connectivity index (χ4n) is 2.15. The Kier molecular flexibility index (Phi) is 6.84. The number of rotatable bonds is 5. The highest BCUT2D eigenvalue weighted by Crippen LogP contribution is 2.45. The number of hydrogen-bond acceptors (Lipinski definition) is 1. The van der Waals surface area contributed by atoms with E-state index >= 15 is 0 Å². The highest BCUT2D eigenvalue weighted by molar-refractivity contribution is 14.0. The van der Waals surface area contributed by atoms with Crippen molar-refractivity contribution in [3.8, 4) is 0 Å². The molecule has 0 spiro atoms. The first-order chi connectivity index (χ1) is 9.43. The number of nitrogens with one attached hydrogen (secondary N) is 1. The van der Waals surface area contributed by atoms with E-state index in [0.29, 0.717) is 5.41 Å². The predicted molar refractivity (Wildman–Crippen MR) is 101 cm³/mol. The lowest BCUT2D eigenvalue weighted by molar-refractivity contribution is 0.457. The zero-order chi connectivity index (χ0) is 14.8. The van der Waals surface area contributed by atoms with Crippen LogP contribution in [0, 0.1) is 5.41 Å². The largest absolute Gasteiger partial charge is 0.357 e. The molecule has 1 aliphatic rings. The first kappa shape index (κ1) is 18.6. The Morgan fingerprint density at radius 3 is 2.67 bits per heavy atom. The Morgan fingerprint density at radius 1 is 1.52 bits per heavy atom. The van der Waals surface area contributed by atoms with Gasteiger partial charge in [-0.25, -0.2) is 0 Å². The fourth-order valence-corrected chi connectivity index (χ4v) is 2.42.